The number of nitro benzene ring substituents is 1. The van der Waals surface area contributed by atoms with E-state index >= 15 is 0 Å². The Labute approximate surface area is 163 Å². The van der Waals surface area contributed by atoms with Gasteiger partial charge in [0.1, 0.15) is 5.56 Å². The van der Waals surface area contributed by atoms with Gasteiger partial charge in [-0.3, -0.25) is 14.9 Å². The number of piperidine rings is 1. The van der Waals surface area contributed by atoms with Crippen molar-refractivity contribution in [3.8, 4) is 0 Å². The second kappa shape index (κ2) is 8.07. The molecule has 0 aliphatic carbocycles. The van der Waals surface area contributed by atoms with Crippen molar-refractivity contribution in [1.82, 2.24) is 4.31 Å². The number of nitro groups is 1. The number of sulfonamides is 1. The highest BCUT2D eigenvalue weighted by atomic mass is 32.2. The molecule has 0 radical (unpaired) electrons. The van der Waals surface area contributed by atoms with E-state index in [0.717, 1.165) is 12.8 Å². The number of anilines is 1. The lowest BCUT2D eigenvalue weighted by atomic mass is 10.0. The summed E-state index contributed by atoms with van der Waals surface area (Å²) >= 11 is 0. The van der Waals surface area contributed by atoms with Gasteiger partial charge in [-0.2, -0.15) is 4.31 Å². The molecule has 9 heteroatoms. The molecule has 1 saturated heterocycles. The van der Waals surface area contributed by atoms with Crippen molar-refractivity contribution >= 4 is 27.3 Å². The van der Waals surface area contributed by atoms with Crippen LogP contribution in [0.25, 0.3) is 0 Å². The Bertz CT molecular complexity index is 981. The van der Waals surface area contributed by atoms with Crippen molar-refractivity contribution in [3.05, 3.63) is 64.2 Å². The number of hydrogen-bond donors (Lipinski definition) is 1. The molecule has 1 aliphatic rings. The van der Waals surface area contributed by atoms with Crippen LogP contribution >= 0.6 is 0 Å². The maximum absolute atomic E-state index is 12.7. The molecule has 0 saturated carbocycles. The summed E-state index contributed by atoms with van der Waals surface area (Å²) in [5, 5.41) is 13.6. The summed E-state index contributed by atoms with van der Waals surface area (Å²) in [4.78, 5) is 23.0. The molecule has 0 atom stereocenters. The molecule has 1 fully saturated rings. The van der Waals surface area contributed by atoms with E-state index in [4.69, 9.17) is 0 Å². The molecule has 8 nitrogen and oxygen atoms in total. The van der Waals surface area contributed by atoms with Crippen LogP contribution in [0.5, 0.6) is 0 Å². The maximum atomic E-state index is 12.7. The Morgan fingerprint density at radius 1 is 1.11 bits per heavy atom. The molecule has 0 aromatic heterocycles. The summed E-state index contributed by atoms with van der Waals surface area (Å²) < 4.78 is 26.9. The first-order valence-corrected chi connectivity index (χ1v) is 10.4. The minimum Gasteiger partial charge on any atom is -0.322 e. The maximum Gasteiger partial charge on any atom is 0.282 e. The van der Waals surface area contributed by atoms with Crippen molar-refractivity contribution < 1.29 is 18.1 Å². The first-order valence-electron chi connectivity index (χ1n) is 8.94. The molecule has 0 unspecified atom stereocenters. The third kappa shape index (κ3) is 4.20. The second-order valence-corrected chi connectivity index (χ2v) is 8.78. The van der Waals surface area contributed by atoms with Gasteiger partial charge in [-0.05, 0) is 49.1 Å². The largest absolute Gasteiger partial charge is 0.322 e. The quantitative estimate of drug-likeness (QED) is 0.609. The summed E-state index contributed by atoms with van der Waals surface area (Å²) in [5.41, 5.74) is -0.000438. The van der Waals surface area contributed by atoms with Crippen LogP contribution in [0, 0.1) is 16.0 Å². The van der Waals surface area contributed by atoms with Gasteiger partial charge in [0.05, 0.1) is 9.82 Å². The van der Waals surface area contributed by atoms with E-state index in [2.05, 4.69) is 12.2 Å². The van der Waals surface area contributed by atoms with E-state index < -0.39 is 20.9 Å². The predicted octanol–water partition coefficient (Wildman–Crippen LogP) is 3.27. The molecule has 148 valence electrons. The first kappa shape index (κ1) is 20.0. The molecule has 0 bridgehead atoms. The summed E-state index contributed by atoms with van der Waals surface area (Å²) in [6.45, 7) is 3.11. The molecule has 28 heavy (non-hydrogen) atoms. The molecular weight excluding hydrogens is 382 g/mol. The monoisotopic (exact) mass is 403 g/mol. The van der Waals surface area contributed by atoms with Crippen molar-refractivity contribution in [2.24, 2.45) is 5.92 Å². The number of rotatable bonds is 5. The fourth-order valence-electron chi connectivity index (χ4n) is 3.11. The summed E-state index contributed by atoms with van der Waals surface area (Å²) in [6, 6.07) is 11.5. The highest BCUT2D eigenvalue weighted by Gasteiger charge is 2.28. The van der Waals surface area contributed by atoms with Gasteiger partial charge >= 0.3 is 0 Å². The average molecular weight is 403 g/mol. The van der Waals surface area contributed by atoms with Crippen molar-refractivity contribution in [2.75, 3.05) is 18.4 Å². The molecular formula is C19H21N3O5S. The van der Waals surface area contributed by atoms with Crippen molar-refractivity contribution in [1.29, 1.82) is 0 Å². The molecule has 2 aromatic carbocycles. The minimum absolute atomic E-state index is 0.0633. The van der Waals surface area contributed by atoms with Crippen LogP contribution in [0.1, 0.15) is 30.1 Å². The lowest BCUT2D eigenvalue weighted by Crippen LogP contribution is -2.37. The molecule has 1 heterocycles. The van der Waals surface area contributed by atoms with Gasteiger partial charge in [-0.15, -0.1) is 0 Å². The lowest BCUT2D eigenvalue weighted by Gasteiger charge is -2.29. The Kier molecular flexibility index (Phi) is 5.76. The van der Waals surface area contributed by atoms with Gasteiger partial charge in [0.25, 0.3) is 11.6 Å². The Balaban J connectivity index is 1.75. The number of nitrogens with zero attached hydrogens (tertiary/aromatic N) is 2. The Morgan fingerprint density at radius 2 is 1.71 bits per heavy atom. The molecule has 2 aromatic rings. The van der Waals surface area contributed by atoms with E-state index in [0.29, 0.717) is 24.7 Å². The number of amides is 1. The van der Waals surface area contributed by atoms with E-state index in [1.165, 1.54) is 52.8 Å². The number of carbonyl (C=O) groups is 1. The van der Waals surface area contributed by atoms with Gasteiger partial charge < -0.3 is 5.32 Å². The van der Waals surface area contributed by atoms with Gasteiger partial charge in [-0.1, -0.05) is 19.1 Å². The smallest absolute Gasteiger partial charge is 0.282 e. The second-order valence-electron chi connectivity index (χ2n) is 6.84. The standard InChI is InChI=1S/C19H21N3O5S/c1-14-10-12-21(13-11-14)28(26,27)16-8-6-15(7-9-16)20-19(23)17-4-2-3-5-18(17)22(24)25/h2-9,14H,10-13H2,1H3,(H,20,23). The Hall–Kier alpha value is -2.78. The third-order valence-electron chi connectivity index (χ3n) is 4.84. The zero-order valence-corrected chi connectivity index (χ0v) is 16.2. The van der Waals surface area contributed by atoms with E-state index in [1.807, 2.05) is 0 Å². The normalized spacial score (nSPS) is 15.9. The predicted molar refractivity (Wildman–Crippen MR) is 105 cm³/mol. The molecule has 1 N–H and O–H groups in total. The van der Waals surface area contributed by atoms with E-state index in [1.54, 1.807) is 0 Å². The summed E-state index contributed by atoms with van der Waals surface area (Å²) in [7, 11) is -3.57. The zero-order valence-electron chi connectivity index (χ0n) is 15.4. The number of carbonyl (C=O) groups excluding carboxylic acids is 1. The van der Waals surface area contributed by atoms with Crippen LogP contribution in [-0.4, -0.2) is 36.6 Å². The highest BCUT2D eigenvalue weighted by molar-refractivity contribution is 7.89. The van der Waals surface area contributed by atoms with Crippen LogP contribution < -0.4 is 5.32 Å². The minimum atomic E-state index is -3.57. The average Bonchev–Trinajstić information content (AvgIpc) is 2.68. The van der Waals surface area contributed by atoms with E-state index in [9.17, 15) is 23.3 Å². The van der Waals surface area contributed by atoms with Gasteiger partial charge in [0.15, 0.2) is 0 Å². The number of para-hydroxylation sites is 1. The fraction of sp³-hybridized carbons (Fsp3) is 0.316. The summed E-state index contributed by atoms with van der Waals surface area (Å²) in [6.07, 6.45) is 1.67. The third-order valence-corrected chi connectivity index (χ3v) is 6.75. The van der Waals surface area contributed by atoms with Crippen LogP contribution in [-0.2, 0) is 10.0 Å². The number of hydrogen-bond acceptors (Lipinski definition) is 5. The van der Waals surface area contributed by atoms with Crippen LogP contribution in [0.4, 0.5) is 11.4 Å². The molecule has 1 amide bonds. The SMILES string of the molecule is CC1CCN(S(=O)(=O)c2ccc(NC(=O)c3ccccc3[N+](=O)[O-])cc2)CC1. The topological polar surface area (TPSA) is 110 Å². The number of nitrogens with one attached hydrogen (secondary N) is 1. The molecule has 1 aliphatic heterocycles. The van der Waals surface area contributed by atoms with Crippen molar-refractivity contribution in [2.45, 2.75) is 24.7 Å². The highest BCUT2D eigenvalue weighted by Crippen LogP contribution is 2.25. The van der Waals surface area contributed by atoms with Crippen LogP contribution in [0.15, 0.2) is 53.4 Å². The zero-order chi connectivity index (χ0) is 20.3. The molecule has 0 spiro atoms. The van der Waals surface area contributed by atoms with Gasteiger partial charge in [0.2, 0.25) is 10.0 Å². The summed E-state index contributed by atoms with van der Waals surface area (Å²) in [5.74, 6) is -0.112. The van der Waals surface area contributed by atoms with E-state index in [-0.39, 0.29) is 16.1 Å². The van der Waals surface area contributed by atoms with Crippen molar-refractivity contribution in [3.63, 3.8) is 0 Å². The van der Waals surface area contributed by atoms with Crippen LogP contribution in [0.3, 0.4) is 0 Å². The van der Waals surface area contributed by atoms with Crippen LogP contribution in [0.2, 0.25) is 0 Å². The lowest BCUT2D eigenvalue weighted by molar-refractivity contribution is -0.385. The van der Waals surface area contributed by atoms with Gasteiger partial charge in [-0.25, -0.2) is 8.42 Å². The Morgan fingerprint density at radius 3 is 2.32 bits per heavy atom. The van der Waals surface area contributed by atoms with Gasteiger partial charge in [0, 0.05) is 24.8 Å². The first-order chi connectivity index (χ1) is 13.3. The molecule has 3 rings (SSSR count). The number of benzene rings is 2. The fourth-order valence-corrected chi connectivity index (χ4v) is 4.58.